The summed E-state index contributed by atoms with van der Waals surface area (Å²) in [5, 5.41) is 0.523. The average Bonchev–Trinajstić information content (AvgIpc) is 2.09. The standard InChI is InChI=1S/C9H8ClNS/c1-3-6-4-7(12-2)5-8(10)9(6)11/h1,4-5H,11H2,2H3. The van der Waals surface area contributed by atoms with Gasteiger partial charge in [-0.1, -0.05) is 17.5 Å². The third-order valence-corrected chi connectivity index (χ3v) is 2.51. The average molecular weight is 198 g/mol. The summed E-state index contributed by atoms with van der Waals surface area (Å²) in [5.41, 5.74) is 6.78. The van der Waals surface area contributed by atoms with Gasteiger partial charge in [0.2, 0.25) is 0 Å². The summed E-state index contributed by atoms with van der Waals surface area (Å²) < 4.78 is 0. The highest BCUT2D eigenvalue weighted by molar-refractivity contribution is 7.98. The van der Waals surface area contributed by atoms with Crippen molar-refractivity contribution in [1.29, 1.82) is 0 Å². The molecule has 0 saturated carbocycles. The van der Waals surface area contributed by atoms with Crippen molar-refractivity contribution in [1.82, 2.24) is 0 Å². The highest BCUT2D eigenvalue weighted by Gasteiger charge is 2.03. The summed E-state index contributed by atoms with van der Waals surface area (Å²) in [7, 11) is 0. The van der Waals surface area contributed by atoms with E-state index in [1.807, 2.05) is 18.4 Å². The number of thioether (sulfide) groups is 1. The summed E-state index contributed by atoms with van der Waals surface area (Å²) >= 11 is 7.43. The number of benzene rings is 1. The molecule has 0 bridgehead atoms. The zero-order chi connectivity index (χ0) is 9.14. The Kier molecular flexibility index (Phi) is 2.91. The van der Waals surface area contributed by atoms with Gasteiger partial charge in [-0.2, -0.15) is 0 Å². The third-order valence-electron chi connectivity index (χ3n) is 1.49. The van der Waals surface area contributed by atoms with Crippen molar-refractivity contribution in [2.45, 2.75) is 4.90 Å². The Bertz CT molecular complexity index is 341. The lowest BCUT2D eigenvalue weighted by Gasteiger charge is -2.03. The first-order chi connectivity index (χ1) is 5.69. The van der Waals surface area contributed by atoms with E-state index in [0.717, 1.165) is 4.90 Å². The van der Waals surface area contributed by atoms with E-state index in [1.165, 1.54) is 0 Å². The molecule has 0 saturated heterocycles. The van der Waals surface area contributed by atoms with Crippen LogP contribution in [0.4, 0.5) is 5.69 Å². The van der Waals surface area contributed by atoms with Crippen molar-refractivity contribution in [3.8, 4) is 12.3 Å². The predicted molar refractivity (Wildman–Crippen MR) is 55.6 cm³/mol. The monoisotopic (exact) mass is 197 g/mol. The molecule has 2 N–H and O–H groups in total. The lowest BCUT2D eigenvalue weighted by Crippen LogP contribution is -1.91. The van der Waals surface area contributed by atoms with E-state index in [1.54, 1.807) is 11.8 Å². The molecule has 62 valence electrons. The van der Waals surface area contributed by atoms with Crippen LogP contribution in [0.15, 0.2) is 17.0 Å². The van der Waals surface area contributed by atoms with Crippen molar-refractivity contribution >= 4 is 29.1 Å². The maximum atomic E-state index is 5.84. The molecule has 0 aliphatic carbocycles. The SMILES string of the molecule is C#Cc1cc(SC)cc(Cl)c1N. The Morgan fingerprint density at radius 2 is 2.25 bits per heavy atom. The van der Waals surface area contributed by atoms with Crippen LogP contribution in [0.3, 0.4) is 0 Å². The van der Waals surface area contributed by atoms with Crippen LogP contribution in [0, 0.1) is 12.3 Å². The number of terminal acetylenes is 1. The predicted octanol–water partition coefficient (Wildman–Crippen LogP) is 2.63. The molecule has 0 amide bonds. The van der Waals surface area contributed by atoms with Gasteiger partial charge >= 0.3 is 0 Å². The largest absolute Gasteiger partial charge is 0.397 e. The van der Waals surface area contributed by atoms with Crippen LogP contribution in [-0.2, 0) is 0 Å². The zero-order valence-electron chi connectivity index (χ0n) is 6.60. The Labute approximate surface area is 81.3 Å². The Hall–Kier alpha value is -0.780. The Balaban J connectivity index is 3.31. The van der Waals surface area contributed by atoms with Crippen LogP contribution >= 0.6 is 23.4 Å². The fraction of sp³-hybridized carbons (Fsp3) is 0.111. The summed E-state index contributed by atoms with van der Waals surface area (Å²) in [6.45, 7) is 0. The molecular formula is C9H8ClNS. The van der Waals surface area contributed by atoms with Gasteiger partial charge in [0.15, 0.2) is 0 Å². The second-order valence-corrected chi connectivity index (χ2v) is 3.50. The maximum absolute atomic E-state index is 5.84. The van der Waals surface area contributed by atoms with Crippen molar-refractivity contribution < 1.29 is 0 Å². The molecule has 1 aromatic carbocycles. The minimum atomic E-state index is 0.483. The molecule has 0 atom stereocenters. The van der Waals surface area contributed by atoms with Gasteiger partial charge in [-0.15, -0.1) is 18.2 Å². The van der Waals surface area contributed by atoms with Crippen molar-refractivity contribution in [2.75, 3.05) is 12.0 Å². The van der Waals surface area contributed by atoms with E-state index in [2.05, 4.69) is 5.92 Å². The molecule has 1 rings (SSSR count). The van der Waals surface area contributed by atoms with Gasteiger partial charge in [0, 0.05) is 10.5 Å². The first kappa shape index (κ1) is 9.31. The number of nitrogen functional groups attached to an aromatic ring is 1. The lowest BCUT2D eigenvalue weighted by molar-refractivity contribution is 1.44. The molecule has 0 radical (unpaired) electrons. The van der Waals surface area contributed by atoms with Gasteiger partial charge in [0.25, 0.3) is 0 Å². The fourth-order valence-corrected chi connectivity index (χ4v) is 1.59. The molecule has 3 heteroatoms. The van der Waals surface area contributed by atoms with Gasteiger partial charge in [-0.25, -0.2) is 0 Å². The molecule has 1 nitrogen and oxygen atoms in total. The van der Waals surface area contributed by atoms with Crippen molar-refractivity contribution in [3.63, 3.8) is 0 Å². The minimum absolute atomic E-state index is 0.483. The molecule has 0 heterocycles. The van der Waals surface area contributed by atoms with E-state index >= 15 is 0 Å². The number of nitrogens with two attached hydrogens (primary N) is 1. The molecule has 1 aromatic rings. The quantitative estimate of drug-likeness (QED) is 0.426. The normalized spacial score (nSPS) is 9.42. The van der Waals surface area contributed by atoms with Gasteiger partial charge in [0.05, 0.1) is 10.7 Å². The number of halogens is 1. The molecule has 0 unspecified atom stereocenters. The first-order valence-corrected chi connectivity index (χ1v) is 4.89. The van der Waals surface area contributed by atoms with Gasteiger partial charge in [-0.05, 0) is 18.4 Å². The van der Waals surface area contributed by atoms with E-state index in [0.29, 0.717) is 16.3 Å². The maximum Gasteiger partial charge on any atom is 0.0663 e. The highest BCUT2D eigenvalue weighted by Crippen LogP contribution is 2.28. The summed E-state index contributed by atoms with van der Waals surface area (Å²) in [5.74, 6) is 2.49. The van der Waals surface area contributed by atoms with Gasteiger partial charge in [0.1, 0.15) is 0 Å². The second-order valence-electron chi connectivity index (χ2n) is 2.21. The van der Waals surface area contributed by atoms with Crippen LogP contribution in [-0.4, -0.2) is 6.26 Å². The number of rotatable bonds is 1. The van der Waals surface area contributed by atoms with Crippen LogP contribution in [0.25, 0.3) is 0 Å². The molecular weight excluding hydrogens is 190 g/mol. The topological polar surface area (TPSA) is 26.0 Å². The van der Waals surface area contributed by atoms with Crippen LogP contribution in [0.5, 0.6) is 0 Å². The molecule has 0 spiro atoms. The van der Waals surface area contributed by atoms with Crippen LogP contribution in [0.1, 0.15) is 5.56 Å². The minimum Gasteiger partial charge on any atom is -0.397 e. The first-order valence-electron chi connectivity index (χ1n) is 3.28. The van der Waals surface area contributed by atoms with E-state index in [4.69, 9.17) is 23.8 Å². The number of anilines is 1. The van der Waals surface area contributed by atoms with Crippen LogP contribution in [0.2, 0.25) is 5.02 Å². The second kappa shape index (κ2) is 3.75. The van der Waals surface area contributed by atoms with E-state index in [9.17, 15) is 0 Å². The van der Waals surface area contributed by atoms with Crippen molar-refractivity contribution in [2.24, 2.45) is 0 Å². The van der Waals surface area contributed by atoms with Crippen LogP contribution < -0.4 is 5.73 Å². The Morgan fingerprint density at radius 3 is 2.75 bits per heavy atom. The van der Waals surface area contributed by atoms with E-state index < -0.39 is 0 Å². The third kappa shape index (κ3) is 1.69. The summed E-state index contributed by atoms with van der Waals surface area (Å²) in [6.07, 6.45) is 7.21. The highest BCUT2D eigenvalue weighted by atomic mass is 35.5. The molecule has 0 aromatic heterocycles. The lowest BCUT2D eigenvalue weighted by atomic mass is 10.2. The smallest absolute Gasteiger partial charge is 0.0663 e. The van der Waals surface area contributed by atoms with E-state index in [-0.39, 0.29) is 0 Å². The fourth-order valence-electron chi connectivity index (χ4n) is 0.830. The molecule has 12 heavy (non-hydrogen) atoms. The zero-order valence-corrected chi connectivity index (χ0v) is 8.17. The molecule has 0 fully saturated rings. The molecule has 0 aliphatic heterocycles. The molecule has 0 aliphatic rings. The summed E-state index contributed by atoms with van der Waals surface area (Å²) in [4.78, 5) is 1.03. The van der Waals surface area contributed by atoms with Gasteiger partial charge < -0.3 is 5.73 Å². The van der Waals surface area contributed by atoms with Crippen molar-refractivity contribution in [3.05, 3.63) is 22.7 Å². The number of hydrogen-bond acceptors (Lipinski definition) is 2. The van der Waals surface area contributed by atoms with Gasteiger partial charge in [-0.3, -0.25) is 0 Å². The Morgan fingerprint density at radius 1 is 1.58 bits per heavy atom. The summed E-state index contributed by atoms with van der Waals surface area (Å²) in [6, 6.07) is 3.66. The number of hydrogen-bond donors (Lipinski definition) is 1.